The Morgan fingerprint density at radius 3 is 2.89 bits per heavy atom. The van der Waals surface area contributed by atoms with E-state index < -0.39 is 25.9 Å². The van der Waals surface area contributed by atoms with E-state index in [1.165, 1.54) is 16.6 Å². The summed E-state index contributed by atoms with van der Waals surface area (Å²) in [6.07, 6.45) is 3.65. The van der Waals surface area contributed by atoms with Crippen LogP contribution in [0.4, 0.5) is 0 Å². The fourth-order valence-corrected chi connectivity index (χ4v) is 2.31. The first-order chi connectivity index (χ1) is 8.97. The number of aromatic nitrogens is 2. The summed E-state index contributed by atoms with van der Waals surface area (Å²) in [5, 5.41) is 0. The van der Waals surface area contributed by atoms with E-state index in [2.05, 4.69) is 4.98 Å². The highest BCUT2D eigenvalue weighted by Gasteiger charge is 2.26. The molecule has 19 heavy (non-hydrogen) atoms. The minimum atomic E-state index is -2.08. The Kier molecular flexibility index (Phi) is 4.31. The number of nitrogens with zero attached hydrogens (tertiary/aromatic N) is 1. The zero-order chi connectivity index (χ0) is 14.0. The zero-order valence-electron chi connectivity index (χ0n) is 10.3. The number of ether oxygens (including phenoxy) is 1. The van der Waals surface area contributed by atoms with Gasteiger partial charge in [0.25, 0.3) is 5.56 Å². The van der Waals surface area contributed by atoms with Crippen LogP contribution in [0.3, 0.4) is 0 Å². The maximum absolute atomic E-state index is 11.7. The first-order valence-electron chi connectivity index (χ1n) is 5.80. The van der Waals surface area contributed by atoms with E-state index in [0.29, 0.717) is 18.4 Å². The Labute approximate surface area is 110 Å². The first-order valence-corrected chi connectivity index (χ1v) is 7.12. The lowest BCUT2D eigenvalue weighted by Crippen LogP contribution is -2.33. The van der Waals surface area contributed by atoms with Gasteiger partial charge in [-0.3, -0.25) is 14.3 Å². The summed E-state index contributed by atoms with van der Waals surface area (Å²) in [7, 11) is -2.08. The molecule has 0 radical (unpaired) electrons. The fraction of sp³-hybridized carbons (Fsp3) is 0.455. The largest absolute Gasteiger partial charge is 0.351 e. The van der Waals surface area contributed by atoms with Crippen LogP contribution in [-0.2, 0) is 4.74 Å². The lowest BCUT2D eigenvalue weighted by Gasteiger charge is -2.14. The second kappa shape index (κ2) is 5.79. The molecule has 2 atom stereocenters. The Morgan fingerprint density at radius 1 is 1.47 bits per heavy atom. The SMILES string of the molecule is Cc1cn(C2CCC(/C=C/P(O)O)O2)c(=O)[nH]c1=O. The number of aryl methyl sites for hydroxylation is 1. The van der Waals surface area contributed by atoms with Gasteiger partial charge in [-0.2, -0.15) is 0 Å². The summed E-state index contributed by atoms with van der Waals surface area (Å²) in [5.74, 6) is 1.28. The minimum Gasteiger partial charge on any atom is -0.351 e. The first kappa shape index (κ1) is 14.1. The van der Waals surface area contributed by atoms with Crippen LogP contribution < -0.4 is 11.2 Å². The number of H-pyrrole nitrogens is 1. The Bertz CT molecular complexity index is 591. The predicted octanol–water partition coefficient (Wildman–Crippen LogP) is 0.333. The molecule has 0 spiro atoms. The van der Waals surface area contributed by atoms with Crippen molar-refractivity contribution in [2.45, 2.75) is 32.1 Å². The van der Waals surface area contributed by atoms with Crippen LogP contribution in [0.15, 0.2) is 27.7 Å². The van der Waals surface area contributed by atoms with Crippen molar-refractivity contribution in [1.82, 2.24) is 9.55 Å². The van der Waals surface area contributed by atoms with Gasteiger partial charge in [0.15, 0.2) is 8.38 Å². The lowest BCUT2D eigenvalue weighted by atomic mass is 10.2. The van der Waals surface area contributed by atoms with Gasteiger partial charge < -0.3 is 14.5 Å². The molecule has 2 unspecified atom stereocenters. The summed E-state index contributed by atoms with van der Waals surface area (Å²) < 4.78 is 6.97. The third kappa shape index (κ3) is 3.39. The van der Waals surface area contributed by atoms with Gasteiger partial charge in [0.05, 0.1) is 6.10 Å². The highest BCUT2D eigenvalue weighted by atomic mass is 31.2. The van der Waals surface area contributed by atoms with Gasteiger partial charge in [0.1, 0.15) is 6.23 Å². The van der Waals surface area contributed by atoms with Gasteiger partial charge in [-0.15, -0.1) is 0 Å². The maximum Gasteiger partial charge on any atom is 0.330 e. The van der Waals surface area contributed by atoms with Gasteiger partial charge in [0, 0.05) is 11.8 Å². The maximum atomic E-state index is 11.7. The molecule has 8 heteroatoms. The van der Waals surface area contributed by atoms with Crippen molar-refractivity contribution in [3.05, 3.63) is 44.5 Å². The molecule has 1 aliphatic heterocycles. The van der Waals surface area contributed by atoms with Gasteiger partial charge in [-0.25, -0.2) is 4.79 Å². The molecule has 0 aromatic carbocycles. The van der Waals surface area contributed by atoms with E-state index in [9.17, 15) is 9.59 Å². The van der Waals surface area contributed by atoms with Crippen molar-refractivity contribution >= 4 is 8.38 Å². The Hall–Kier alpha value is -1.27. The van der Waals surface area contributed by atoms with Crippen LogP contribution in [0.1, 0.15) is 24.6 Å². The van der Waals surface area contributed by atoms with E-state index in [1.54, 1.807) is 13.0 Å². The third-order valence-corrected chi connectivity index (χ3v) is 3.36. The highest BCUT2D eigenvalue weighted by molar-refractivity contribution is 7.48. The standard InChI is InChI=1S/C11H15N2O5P/c1-7-6-13(11(15)12-10(7)14)9-3-2-8(18-9)4-5-19(16)17/h4-6,8-9,16-17H,2-3H2,1H3,(H,12,14,15)/b5-4+. The molecule has 3 N–H and O–H groups in total. The van der Waals surface area contributed by atoms with Crippen LogP contribution in [0.2, 0.25) is 0 Å². The monoisotopic (exact) mass is 286 g/mol. The highest BCUT2D eigenvalue weighted by Crippen LogP contribution is 2.31. The summed E-state index contributed by atoms with van der Waals surface area (Å²) >= 11 is 0. The summed E-state index contributed by atoms with van der Waals surface area (Å²) in [6, 6.07) is 0. The van der Waals surface area contributed by atoms with Gasteiger partial charge in [-0.1, -0.05) is 6.08 Å². The molecule has 1 aromatic rings. The molecular weight excluding hydrogens is 271 g/mol. The summed E-state index contributed by atoms with van der Waals surface area (Å²) in [6.45, 7) is 1.62. The molecule has 1 saturated heterocycles. The molecule has 0 amide bonds. The second-order valence-electron chi connectivity index (χ2n) is 4.35. The van der Waals surface area contributed by atoms with Crippen molar-refractivity contribution in [1.29, 1.82) is 0 Å². The quantitative estimate of drug-likeness (QED) is 0.695. The number of nitrogens with one attached hydrogen (secondary N) is 1. The molecule has 1 aromatic heterocycles. The van der Waals surface area contributed by atoms with Gasteiger partial charge in [0.2, 0.25) is 0 Å². The Morgan fingerprint density at radius 2 is 2.21 bits per heavy atom. The van der Waals surface area contributed by atoms with Crippen molar-refractivity contribution in [2.24, 2.45) is 0 Å². The summed E-state index contributed by atoms with van der Waals surface area (Å²) in [5.41, 5.74) is -0.463. The lowest BCUT2D eigenvalue weighted by molar-refractivity contribution is 0.0202. The number of aromatic amines is 1. The Balaban J connectivity index is 2.15. The number of hydrogen-bond acceptors (Lipinski definition) is 5. The average molecular weight is 286 g/mol. The van der Waals surface area contributed by atoms with Gasteiger partial charge in [-0.05, 0) is 25.6 Å². The van der Waals surface area contributed by atoms with Crippen LogP contribution in [0.5, 0.6) is 0 Å². The predicted molar refractivity (Wildman–Crippen MR) is 69.7 cm³/mol. The van der Waals surface area contributed by atoms with Crippen molar-refractivity contribution < 1.29 is 14.5 Å². The van der Waals surface area contributed by atoms with E-state index in [-0.39, 0.29) is 6.10 Å². The van der Waals surface area contributed by atoms with Crippen LogP contribution >= 0.6 is 8.38 Å². The van der Waals surface area contributed by atoms with Crippen molar-refractivity contribution in [2.75, 3.05) is 0 Å². The molecule has 1 fully saturated rings. The minimum absolute atomic E-state index is 0.256. The normalized spacial score (nSPS) is 23.6. The zero-order valence-corrected chi connectivity index (χ0v) is 11.2. The number of hydrogen-bond donors (Lipinski definition) is 3. The molecule has 7 nitrogen and oxygen atoms in total. The number of rotatable bonds is 3. The molecule has 0 bridgehead atoms. The van der Waals surface area contributed by atoms with E-state index in [0.717, 1.165) is 0 Å². The van der Waals surface area contributed by atoms with Crippen molar-refractivity contribution in [3.8, 4) is 0 Å². The average Bonchev–Trinajstić information content (AvgIpc) is 2.80. The van der Waals surface area contributed by atoms with Crippen molar-refractivity contribution in [3.63, 3.8) is 0 Å². The van der Waals surface area contributed by atoms with Gasteiger partial charge >= 0.3 is 5.69 Å². The van der Waals surface area contributed by atoms with E-state index in [4.69, 9.17) is 14.5 Å². The topological polar surface area (TPSA) is 105 Å². The molecule has 0 aliphatic carbocycles. The van der Waals surface area contributed by atoms with Crippen LogP contribution in [-0.4, -0.2) is 25.4 Å². The molecule has 0 saturated carbocycles. The molecule has 2 heterocycles. The molecule has 104 valence electrons. The molecule has 1 aliphatic rings. The van der Waals surface area contributed by atoms with Crippen LogP contribution in [0.25, 0.3) is 0 Å². The fourth-order valence-electron chi connectivity index (χ4n) is 1.96. The summed E-state index contributed by atoms with van der Waals surface area (Å²) in [4.78, 5) is 42.8. The van der Waals surface area contributed by atoms with E-state index >= 15 is 0 Å². The second-order valence-corrected chi connectivity index (χ2v) is 5.29. The smallest absolute Gasteiger partial charge is 0.330 e. The molecular formula is C11H15N2O5P. The third-order valence-electron chi connectivity index (χ3n) is 2.92. The van der Waals surface area contributed by atoms with E-state index in [1.807, 2.05) is 0 Å². The van der Waals surface area contributed by atoms with Crippen LogP contribution in [0, 0.1) is 6.92 Å². The molecule has 2 rings (SSSR count).